The first-order chi connectivity index (χ1) is 9.20. The van der Waals surface area contributed by atoms with Gasteiger partial charge < -0.3 is 15.5 Å². The van der Waals surface area contributed by atoms with Crippen LogP contribution >= 0.6 is 0 Å². The summed E-state index contributed by atoms with van der Waals surface area (Å²) in [7, 11) is 1.90. The summed E-state index contributed by atoms with van der Waals surface area (Å²) in [5, 5.41) is 6.16. The Labute approximate surface area is 115 Å². The standard InChI is InChI=1S/C14H25N3O2/c1-15-8-2-3-13(18)17-9-6-12(7-10-17)16-14(19)11-4-5-11/h11-12,15H,2-10H2,1H3,(H,16,19). The fraction of sp³-hybridized carbons (Fsp3) is 0.857. The van der Waals surface area contributed by atoms with Gasteiger partial charge in [-0.3, -0.25) is 9.59 Å². The monoisotopic (exact) mass is 267 g/mol. The van der Waals surface area contributed by atoms with Crippen LogP contribution in [0.1, 0.15) is 38.5 Å². The SMILES string of the molecule is CNCCCC(=O)N1CCC(NC(=O)C2CC2)CC1. The molecule has 2 N–H and O–H groups in total. The smallest absolute Gasteiger partial charge is 0.223 e. The van der Waals surface area contributed by atoms with Crippen LogP contribution in [0.3, 0.4) is 0 Å². The molecule has 19 heavy (non-hydrogen) atoms. The highest BCUT2D eigenvalue weighted by atomic mass is 16.2. The molecule has 1 saturated heterocycles. The first-order valence-corrected chi connectivity index (χ1v) is 7.43. The van der Waals surface area contributed by atoms with Gasteiger partial charge in [-0.05, 0) is 45.7 Å². The molecule has 1 aliphatic heterocycles. The van der Waals surface area contributed by atoms with Gasteiger partial charge in [0, 0.05) is 31.5 Å². The zero-order chi connectivity index (χ0) is 13.7. The molecular weight excluding hydrogens is 242 g/mol. The molecule has 1 saturated carbocycles. The summed E-state index contributed by atoms with van der Waals surface area (Å²) >= 11 is 0. The quantitative estimate of drug-likeness (QED) is 0.689. The lowest BCUT2D eigenvalue weighted by atomic mass is 10.0. The highest BCUT2D eigenvalue weighted by molar-refractivity contribution is 5.81. The number of rotatable bonds is 6. The molecule has 0 unspecified atom stereocenters. The third-order valence-electron chi connectivity index (χ3n) is 3.96. The molecule has 2 amide bonds. The van der Waals surface area contributed by atoms with E-state index in [1.807, 2.05) is 11.9 Å². The van der Waals surface area contributed by atoms with Gasteiger partial charge in [0.05, 0.1) is 0 Å². The van der Waals surface area contributed by atoms with Crippen LogP contribution in [0.5, 0.6) is 0 Å². The maximum atomic E-state index is 11.9. The Morgan fingerprint density at radius 1 is 1.16 bits per heavy atom. The van der Waals surface area contributed by atoms with Crippen LogP contribution in [0.4, 0.5) is 0 Å². The first-order valence-electron chi connectivity index (χ1n) is 7.43. The topological polar surface area (TPSA) is 61.4 Å². The maximum Gasteiger partial charge on any atom is 0.223 e. The van der Waals surface area contributed by atoms with Gasteiger partial charge in [0.1, 0.15) is 0 Å². The lowest BCUT2D eigenvalue weighted by Crippen LogP contribution is -2.46. The number of hydrogen-bond donors (Lipinski definition) is 2. The van der Waals surface area contributed by atoms with Crippen molar-refractivity contribution in [1.82, 2.24) is 15.5 Å². The van der Waals surface area contributed by atoms with Gasteiger partial charge in [-0.1, -0.05) is 0 Å². The van der Waals surface area contributed by atoms with Crippen molar-refractivity contribution in [2.45, 2.75) is 44.6 Å². The Morgan fingerprint density at radius 3 is 2.42 bits per heavy atom. The number of carbonyl (C=O) groups is 2. The third kappa shape index (κ3) is 4.49. The lowest BCUT2D eigenvalue weighted by molar-refractivity contribution is -0.132. The molecule has 0 aromatic rings. The van der Waals surface area contributed by atoms with Crippen molar-refractivity contribution in [2.75, 3.05) is 26.7 Å². The van der Waals surface area contributed by atoms with Crippen molar-refractivity contribution >= 4 is 11.8 Å². The lowest BCUT2D eigenvalue weighted by Gasteiger charge is -2.32. The van der Waals surface area contributed by atoms with E-state index in [0.29, 0.717) is 6.42 Å². The van der Waals surface area contributed by atoms with Gasteiger partial charge in [0.15, 0.2) is 0 Å². The average Bonchev–Trinajstić information content (AvgIpc) is 3.24. The number of likely N-dealkylation sites (tertiary alicyclic amines) is 1. The van der Waals surface area contributed by atoms with E-state index in [1.165, 1.54) is 0 Å². The molecular formula is C14H25N3O2. The van der Waals surface area contributed by atoms with E-state index in [2.05, 4.69) is 10.6 Å². The Hall–Kier alpha value is -1.10. The zero-order valence-electron chi connectivity index (χ0n) is 11.8. The highest BCUT2D eigenvalue weighted by Gasteiger charge is 2.32. The van der Waals surface area contributed by atoms with Crippen LogP contribution in [0.25, 0.3) is 0 Å². The third-order valence-corrected chi connectivity index (χ3v) is 3.96. The fourth-order valence-electron chi connectivity index (χ4n) is 2.51. The minimum absolute atomic E-state index is 0.221. The Morgan fingerprint density at radius 2 is 1.84 bits per heavy atom. The molecule has 108 valence electrons. The maximum absolute atomic E-state index is 11.9. The van der Waals surface area contributed by atoms with Crippen molar-refractivity contribution in [3.05, 3.63) is 0 Å². The van der Waals surface area contributed by atoms with Gasteiger partial charge >= 0.3 is 0 Å². The molecule has 0 atom stereocenters. The minimum Gasteiger partial charge on any atom is -0.353 e. The molecule has 2 fully saturated rings. The van der Waals surface area contributed by atoms with Crippen molar-refractivity contribution < 1.29 is 9.59 Å². The van der Waals surface area contributed by atoms with Crippen molar-refractivity contribution in [3.63, 3.8) is 0 Å². The number of piperidine rings is 1. The largest absolute Gasteiger partial charge is 0.353 e. The van der Waals surface area contributed by atoms with Crippen LogP contribution in [0.15, 0.2) is 0 Å². The summed E-state index contributed by atoms with van der Waals surface area (Å²) in [5.74, 6) is 0.752. The van der Waals surface area contributed by atoms with Gasteiger partial charge in [-0.25, -0.2) is 0 Å². The van der Waals surface area contributed by atoms with E-state index in [-0.39, 0.29) is 23.8 Å². The molecule has 2 aliphatic rings. The average molecular weight is 267 g/mol. The second kappa shape index (κ2) is 6.89. The van der Waals surface area contributed by atoms with Crippen molar-refractivity contribution in [3.8, 4) is 0 Å². The summed E-state index contributed by atoms with van der Waals surface area (Å²) in [6.07, 6.45) is 5.42. The molecule has 0 aromatic heterocycles. The van der Waals surface area contributed by atoms with E-state index in [1.54, 1.807) is 0 Å². The van der Waals surface area contributed by atoms with Crippen LogP contribution < -0.4 is 10.6 Å². The minimum atomic E-state index is 0.221. The molecule has 0 radical (unpaired) electrons. The van der Waals surface area contributed by atoms with Gasteiger partial charge in [-0.15, -0.1) is 0 Å². The van der Waals surface area contributed by atoms with E-state index in [0.717, 1.165) is 51.7 Å². The van der Waals surface area contributed by atoms with E-state index < -0.39 is 0 Å². The van der Waals surface area contributed by atoms with E-state index >= 15 is 0 Å². The highest BCUT2D eigenvalue weighted by Crippen LogP contribution is 2.29. The number of nitrogens with one attached hydrogen (secondary N) is 2. The van der Waals surface area contributed by atoms with Crippen LogP contribution in [-0.4, -0.2) is 49.4 Å². The number of nitrogens with zero attached hydrogens (tertiary/aromatic N) is 1. The normalized spacial score (nSPS) is 20.4. The van der Waals surface area contributed by atoms with Gasteiger partial charge in [0.2, 0.25) is 11.8 Å². The Balaban J connectivity index is 1.63. The molecule has 1 aliphatic carbocycles. The number of amides is 2. The van der Waals surface area contributed by atoms with E-state index in [9.17, 15) is 9.59 Å². The summed E-state index contributed by atoms with van der Waals surface area (Å²) in [5.41, 5.74) is 0. The predicted octanol–water partition coefficient (Wildman–Crippen LogP) is 0.503. The van der Waals surface area contributed by atoms with Crippen molar-refractivity contribution in [1.29, 1.82) is 0 Å². The summed E-state index contributed by atoms with van der Waals surface area (Å²) in [6.45, 7) is 2.46. The number of hydrogen-bond acceptors (Lipinski definition) is 3. The molecule has 0 aromatic carbocycles. The first kappa shape index (κ1) is 14.3. The second-order valence-corrected chi connectivity index (χ2v) is 5.65. The molecule has 0 bridgehead atoms. The summed E-state index contributed by atoms with van der Waals surface area (Å²) < 4.78 is 0. The molecule has 0 spiro atoms. The molecule has 5 nitrogen and oxygen atoms in total. The molecule has 1 heterocycles. The van der Waals surface area contributed by atoms with Gasteiger partial charge in [0.25, 0.3) is 0 Å². The van der Waals surface area contributed by atoms with Crippen LogP contribution in [0, 0.1) is 5.92 Å². The summed E-state index contributed by atoms with van der Waals surface area (Å²) in [6, 6.07) is 0.273. The van der Waals surface area contributed by atoms with Crippen molar-refractivity contribution in [2.24, 2.45) is 5.92 Å². The Bertz CT molecular complexity index is 321. The second-order valence-electron chi connectivity index (χ2n) is 5.65. The van der Waals surface area contributed by atoms with Crippen LogP contribution in [-0.2, 0) is 9.59 Å². The number of carbonyl (C=O) groups excluding carboxylic acids is 2. The predicted molar refractivity (Wildman–Crippen MR) is 73.6 cm³/mol. The molecule has 2 rings (SSSR count). The Kier molecular flexibility index (Phi) is 5.19. The van der Waals surface area contributed by atoms with E-state index in [4.69, 9.17) is 0 Å². The zero-order valence-corrected chi connectivity index (χ0v) is 11.8. The fourth-order valence-corrected chi connectivity index (χ4v) is 2.51. The summed E-state index contributed by atoms with van der Waals surface area (Å²) in [4.78, 5) is 25.5. The molecule has 5 heteroatoms. The van der Waals surface area contributed by atoms with Gasteiger partial charge in [-0.2, -0.15) is 0 Å². The van der Waals surface area contributed by atoms with Crippen LogP contribution in [0.2, 0.25) is 0 Å².